The van der Waals surface area contributed by atoms with E-state index < -0.39 is 0 Å². The van der Waals surface area contributed by atoms with Gasteiger partial charge < -0.3 is 0 Å². The molecule has 0 nitrogen and oxygen atoms in total. The average molecular weight is 526 g/mol. The third kappa shape index (κ3) is 4.90. The Kier molecular flexibility index (Phi) is 6.68. The Balaban J connectivity index is 1.71. The quantitative estimate of drug-likeness (QED) is 0.187. The van der Waals surface area contributed by atoms with Crippen LogP contribution in [0, 0.1) is 17.4 Å². The lowest BCUT2D eigenvalue weighted by molar-refractivity contribution is 1.21. The van der Waals surface area contributed by atoms with Crippen LogP contribution >= 0.6 is 34.4 Å². The Labute approximate surface area is 194 Å². The molecule has 0 saturated carbocycles. The van der Waals surface area contributed by atoms with E-state index in [1.165, 1.54) is 39.2 Å². The van der Waals surface area contributed by atoms with Crippen molar-refractivity contribution in [3.05, 3.63) is 112 Å². The molecule has 0 atom stereocenters. The molecule has 0 aromatic heterocycles. The molecule has 0 bridgehead atoms. The fraction of sp³-hybridized carbons (Fsp3) is 0.0769. The second kappa shape index (κ2) is 9.41. The Morgan fingerprint density at radius 2 is 1.03 bits per heavy atom. The highest BCUT2D eigenvalue weighted by molar-refractivity contribution is 14.1. The first kappa shape index (κ1) is 20.6. The topological polar surface area (TPSA) is 0 Å². The van der Waals surface area contributed by atoms with Gasteiger partial charge in [0.1, 0.15) is 0 Å². The molecule has 0 amide bonds. The van der Waals surface area contributed by atoms with Gasteiger partial charge in [0.2, 0.25) is 0 Å². The maximum atomic E-state index is 2.35. The predicted octanol–water partition coefficient (Wildman–Crippen LogP) is 8.15. The second-order valence-electron chi connectivity index (χ2n) is 6.86. The summed E-state index contributed by atoms with van der Waals surface area (Å²) in [7, 11) is -0.106. The summed E-state index contributed by atoms with van der Waals surface area (Å²) in [5, 5.41) is 0. The van der Waals surface area contributed by atoms with Crippen molar-refractivity contribution in [2.75, 3.05) is 0 Å². The van der Waals surface area contributed by atoms with Crippen LogP contribution in [0.5, 0.6) is 0 Å². The third-order valence-electron chi connectivity index (χ3n) is 4.74. The van der Waals surface area contributed by atoms with E-state index in [0.717, 1.165) is 0 Å². The summed E-state index contributed by atoms with van der Waals surface area (Å²) in [6, 6.07) is 35.4. The molecule has 29 heavy (non-hydrogen) atoms. The highest BCUT2D eigenvalue weighted by Gasteiger charge is 2.31. The zero-order chi connectivity index (χ0) is 20.2. The van der Waals surface area contributed by atoms with Crippen LogP contribution in [-0.4, -0.2) is 0 Å². The minimum atomic E-state index is -0.106. The second-order valence-corrected chi connectivity index (χ2v) is 11.2. The Morgan fingerprint density at radius 1 is 0.586 bits per heavy atom. The van der Waals surface area contributed by atoms with Gasteiger partial charge in [-0.1, -0.05) is 48.2 Å². The number of aryl methyl sites for hydroxylation is 2. The van der Waals surface area contributed by atoms with Crippen molar-refractivity contribution in [2.45, 2.75) is 38.3 Å². The van der Waals surface area contributed by atoms with Crippen LogP contribution in [0.3, 0.4) is 0 Å². The highest BCUT2D eigenvalue weighted by Crippen LogP contribution is 2.36. The van der Waals surface area contributed by atoms with Crippen LogP contribution < -0.4 is 0 Å². The molecule has 4 aromatic rings. The number of benzene rings is 4. The molecule has 0 aliphatic heterocycles. The van der Waals surface area contributed by atoms with Gasteiger partial charge in [-0.15, -0.1) is 0 Å². The third-order valence-corrected chi connectivity index (χ3v) is 9.01. The van der Waals surface area contributed by atoms with E-state index in [1.807, 2.05) is 11.8 Å². The maximum absolute atomic E-state index is 2.35. The van der Waals surface area contributed by atoms with Gasteiger partial charge in [0.05, 0.1) is 10.9 Å². The molecule has 0 unspecified atom stereocenters. The fourth-order valence-electron chi connectivity index (χ4n) is 3.23. The van der Waals surface area contributed by atoms with E-state index >= 15 is 0 Å². The first-order chi connectivity index (χ1) is 14.1. The Morgan fingerprint density at radius 3 is 1.52 bits per heavy atom. The molecule has 0 spiro atoms. The van der Waals surface area contributed by atoms with Crippen LogP contribution in [0.2, 0.25) is 0 Å². The van der Waals surface area contributed by atoms with E-state index in [2.05, 4.69) is 134 Å². The molecule has 3 heteroatoms. The molecule has 4 aromatic carbocycles. The minimum Gasteiger partial charge on any atom is -0.0901 e. The van der Waals surface area contributed by atoms with Gasteiger partial charge in [-0.2, -0.15) is 0 Å². The lowest BCUT2D eigenvalue weighted by Gasteiger charge is -2.12. The summed E-state index contributed by atoms with van der Waals surface area (Å²) in [5.41, 5.74) is 2.69. The first-order valence-corrected chi connectivity index (χ1v) is 12.6. The minimum absolute atomic E-state index is 0.106. The zero-order valence-corrected chi connectivity index (χ0v) is 20.2. The summed E-state index contributed by atoms with van der Waals surface area (Å²) in [5.74, 6) is 0. The van der Waals surface area contributed by atoms with Crippen LogP contribution in [0.15, 0.2) is 122 Å². The van der Waals surface area contributed by atoms with Gasteiger partial charge in [-0.05, 0) is 97.1 Å². The van der Waals surface area contributed by atoms with Crippen LogP contribution in [-0.2, 0) is 10.9 Å². The molecule has 0 radical (unpaired) electrons. The summed E-state index contributed by atoms with van der Waals surface area (Å²) in [4.78, 5) is 6.71. The normalized spacial score (nSPS) is 11.0. The van der Waals surface area contributed by atoms with Gasteiger partial charge in [0, 0.05) is 24.5 Å². The van der Waals surface area contributed by atoms with Crippen LogP contribution in [0.1, 0.15) is 11.1 Å². The molecule has 0 fully saturated rings. The van der Waals surface area contributed by atoms with E-state index in [-0.39, 0.29) is 10.9 Å². The van der Waals surface area contributed by atoms with Crippen LogP contribution in [0.25, 0.3) is 0 Å². The van der Waals surface area contributed by atoms with Gasteiger partial charge >= 0.3 is 0 Å². The molecule has 4 rings (SSSR count). The lowest BCUT2D eigenvalue weighted by atomic mass is 10.2. The first-order valence-electron chi connectivity index (χ1n) is 9.51. The molecular formula is C26H22IS2+. The van der Waals surface area contributed by atoms with Crippen molar-refractivity contribution in [2.24, 2.45) is 0 Å². The number of rotatable bonds is 5. The molecular weight excluding hydrogens is 503 g/mol. The SMILES string of the molecule is Cc1ccccc1[S+](c1ccc(Sc2ccc(I)cc2)cc1)c1ccccc1C. The number of hydrogen-bond donors (Lipinski definition) is 0. The predicted molar refractivity (Wildman–Crippen MR) is 134 cm³/mol. The van der Waals surface area contributed by atoms with Crippen molar-refractivity contribution >= 4 is 45.2 Å². The van der Waals surface area contributed by atoms with Crippen molar-refractivity contribution in [3.63, 3.8) is 0 Å². The molecule has 0 heterocycles. The van der Waals surface area contributed by atoms with E-state index in [4.69, 9.17) is 0 Å². The van der Waals surface area contributed by atoms with E-state index in [0.29, 0.717) is 0 Å². The number of hydrogen-bond acceptors (Lipinski definition) is 1. The van der Waals surface area contributed by atoms with Crippen molar-refractivity contribution in [1.29, 1.82) is 0 Å². The maximum Gasteiger partial charge on any atom is 0.169 e. The lowest BCUT2D eigenvalue weighted by Crippen LogP contribution is -2.08. The largest absolute Gasteiger partial charge is 0.169 e. The summed E-state index contributed by atoms with van der Waals surface area (Å²) in [6.45, 7) is 4.43. The van der Waals surface area contributed by atoms with E-state index in [1.54, 1.807) is 0 Å². The molecule has 0 aliphatic rings. The van der Waals surface area contributed by atoms with Gasteiger partial charge in [-0.25, -0.2) is 0 Å². The van der Waals surface area contributed by atoms with Gasteiger partial charge in [0.25, 0.3) is 0 Å². The molecule has 0 N–H and O–H groups in total. The molecule has 0 aliphatic carbocycles. The zero-order valence-electron chi connectivity index (χ0n) is 16.4. The molecule has 144 valence electrons. The molecule has 0 saturated heterocycles. The summed E-state index contributed by atoms with van der Waals surface area (Å²) >= 11 is 4.16. The average Bonchev–Trinajstić information content (AvgIpc) is 2.74. The van der Waals surface area contributed by atoms with E-state index in [9.17, 15) is 0 Å². The van der Waals surface area contributed by atoms with Crippen molar-refractivity contribution in [3.8, 4) is 0 Å². The fourth-order valence-corrected chi connectivity index (χ4v) is 6.76. The number of halogens is 1. The highest BCUT2D eigenvalue weighted by atomic mass is 127. The monoisotopic (exact) mass is 525 g/mol. The smallest absolute Gasteiger partial charge is 0.0901 e. The Bertz CT molecular complexity index is 1060. The standard InChI is InChI=1S/C26H22IS2/c1-19-7-3-5-9-25(19)29(26-10-6-4-8-20(26)2)24-17-15-23(16-18-24)28-22-13-11-21(27)12-14-22/h3-18H,1-2H3/q+1. The van der Waals surface area contributed by atoms with Gasteiger partial charge in [-0.3, -0.25) is 0 Å². The summed E-state index contributed by atoms with van der Waals surface area (Å²) < 4.78 is 1.27. The summed E-state index contributed by atoms with van der Waals surface area (Å²) in [6.07, 6.45) is 0. The van der Waals surface area contributed by atoms with Crippen molar-refractivity contribution in [1.82, 2.24) is 0 Å². The van der Waals surface area contributed by atoms with Crippen LogP contribution in [0.4, 0.5) is 0 Å². The van der Waals surface area contributed by atoms with Crippen molar-refractivity contribution < 1.29 is 0 Å². The Hall–Kier alpha value is -1.69. The van der Waals surface area contributed by atoms with Gasteiger partial charge in [0.15, 0.2) is 14.7 Å².